The Kier molecular flexibility index (Phi) is 4.49. The van der Waals surface area contributed by atoms with Gasteiger partial charge in [0.25, 0.3) is 0 Å². The van der Waals surface area contributed by atoms with Gasteiger partial charge in [-0.05, 0) is 28.1 Å². The Hall–Kier alpha value is -1.59. The highest BCUT2D eigenvalue weighted by Gasteiger charge is 2.37. The van der Waals surface area contributed by atoms with Crippen LogP contribution in [0.4, 0.5) is 15.8 Å². The fourth-order valence-electron chi connectivity index (χ4n) is 2.38. The zero-order chi connectivity index (χ0) is 16.7. The molecule has 0 saturated carbocycles. The molecule has 1 amide bonds. The molecule has 2 rings (SSSR count). The second kappa shape index (κ2) is 5.89. The molecular weight excluding hydrogens is 385 g/mol. The largest absolute Gasteiger partial charge is 0.329 e. The summed E-state index contributed by atoms with van der Waals surface area (Å²) in [6.07, 6.45) is -0.120. The molecule has 0 bridgehead atoms. The average molecular weight is 396 g/mol. The second-order valence-electron chi connectivity index (χ2n) is 4.89. The molecule has 1 aliphatic heterocycles. The van der Waals surface area contributed by atoms with Crippen molar-refractivity contribution in [2.24, 2.45) is 11.1 Å². The van der Waals surface area contributed by atoms with Crippen LogP contribution in [0.15, 0.2) is 16.6 Å². The van der Waals surface area contributed by atoms with Gasteiger partial charge in [0, 0.05) is 18.9 Å². The van der Waals surface area contributed by atoms with Crippen molar-refractivity contribution in [1.82, 2.24) is 0 Å². The molecule has 1 saturated heterocycles. The Bertz CT molecular complexity index is 754. The fourth-order valence-corrected chi connectivity index (χ4v) is 3.58. The lowest BCUT2D eigenvalue weighted by atomic mass is 10.1. The van der Waals surface area contributed by atoms with Gasteiger partial charge >= 0.3 is 5.69 Å². The van der Waals surface area contributed by atoms with E-state index in [1.54, 1.807) is 0 Å². The number of rotatable bonds is 4. The fraction of sp³-hybridized carbons (Fsp3) is 0.364. The van der Waals surface area contributed by atoms with Gasteiger partial charge in [-0.15, -0.1) is 0 Å². The van der Waals surface area contributed by atoms with Crippen molar-refractivity contribution < 1.29 is 22.5 Å². The van der Waals surface area contributed by atoms with Gasteiger partial charge in [0.2, 0.25) is 21.7 Å². The SMILES string of the molecule is NS(=O)(=O)CC1CC(=O)N(c2ccc(Br)c(F)c2[N+](=O)[O-])C1. The van der Waals surface area contributed by atoms with Crippen LogP contribution in [0.1, 0.15) is 6.42 Å². The number of hydrogen-bond donors (Lipinski definition) is 1. The van der Waals surface area contributed by atoms with Crippen molar-refractivity contribution in [3.8, 4) is 0 Å². The zero-order valence-electron chi connectivity index (χ0n) is 11.0. The van der Waals surface area contributed by atoms with Crippen LogP contribution < -0.4 is 10.0 Å². The first kappa shape index (κ1) is 16.8. The molecule has 0 aliphatic carbocycles. The third-order valence-corrected chi connectivity index (χ3v) is 4.74. The van der Waals surface area contributed by atoms with Crippen LogP contribution in [0.2, 0.25) is 0 Å². The molecule has 1 aliphatic rings. The number of carbonyl (C=O) groups is 1. The Morgan fingerprint density at radius 2 is 2.14 bits per heavy atom. The highest BCUT2D eigenvalue weighted by atomic mass is 79.9. The number of primary sulfonamides is 1. The molecule has 8 nitrogen and oxygen atoms in total. The Labute approximate surface area is 133 Å². The topological polar surface area (TPSA) is 124 Å². The van der Waals surface area contributed by atoms with Crippen molar-refractivity contribution in [3.05, 3.63) is 32.5 Å². The molecule has 0 radical (unpaired) electrons. The van der Waals surface area contributed by atoms with E-state index in [1.807, 2.05) is 0 Å². The molecule has 1 aromatic rings. The van der Waals surface area contributed by atoms with E-state index < -0.39 is 44.0 Å². The molecular formula is C11H11BrFN3O5S. The molecule has 11 heteroatoms. The standard InChI is InChI=1S/C11H11BrFN3O5S/c12-7-1-2-8(11(10(7)13)16(18)19)15-4-6(3-9(15)17)5-22(14,20)21/h1-2,6H,3-5H2,(H2,14,20,21). The number of nitrogens with two attached hydrogens (primary N) is 1. The molecule has 2 N–H and O–H groups in total. The molecule has 1 aromatic carbocycles. The second-order valence-corrected chi connectivity index (χ2v) is 7.40. The highest BCUT2D eigenvalue weighted by molar-refractivity contribution is 9.10. The molecule has 22 heavy (non-hydrogen) atoms. The highest BCUT2D eigenvalue weighted by Crippen LogP contribution is 2.37. The predicted molar refractivity (Wildman–Crippen MR) is 79.2 cm³/mol. The van der Waals surface area contributed by atoms with E-state index in [1.165, 1.54) is 12.1 Å². The lowest BCUT2D eigenvalue weighted by Gasteiger charge is -2.17. The van der Waals surface area contributed by atoms with Gasteiger partial charge < -0.3 is 4.90 Å². The van der Waals surface area contributed by atoms with E-state index in [-0.39, 0.29) is 23.1 Å². The number of benzene rings is 1. The van der Waals surface area contributed by atoms with Crippen molar-refractivity contribution in [2.75, 3.05) is 17.2 Å². The number of halogens is 2. The quantitative estimate of drug-likeness (QED) is 0.604. The van der Waals surface area contributed by atoms with Crippen LogP contribution in [-0.4, -0.2) is 31.5 Å². The number of nitrogens with zero attached hydrogens (tertiary/aromatic N) is 2. The van der Waals surface area contributed by atoms with E-state index in [2.05, 4.69) is 15.9 Å². The van der Waals surface area contributed by atoms with Crippen LogP contribution in [-0.2, 0) is 14.8 Å². The third-order valence-electron chi connectivity index (χ3n) is 3.19. The van der Waals surface area contributed by atoms with E-state index in [9.17, 15) is 27.7 Å². The molecule has 1 fully saturated rings. The van der Waals surface area contributed by atoms with Crippen molar-refractivity contribution in [3.63, 3.8) is 0 Å². The summed E-state index contributed by atoms with van der Waals surface area (Å²) >= 11 is 2.85. The minimum absolute atomic E-state index is 0.0722. The number of nitro groups is 1. The maximum atomic E-state index is 13.9. The van der Waals surface area contributed by atoms with Crippen LogP contribution in [0.3, 0.4) is 0 Å². The Morgan fingerprint density at radius 3 is 2.68 bits per heavy atom. The van der Waals surface area contributed by atoms with Gasteiger partial charge in [-0.2, -0.15) is 4.39 Å². The minimum atomic E-state index is -3.77. The Morgan fingerprint density at radius 1 is 1.50 bits per heavy atom. The maximum absolute atomic E-state index is 13.9. The van der Waals surface area contributed by atoms with Crippen molar-refractivity contribution in [1.29, 1.82) is 0 Å². The summed E-state index contributed by atoms with van der Waals surface area (Å²) < 4.78 is 36.0. The maximum Gasteiger partial charge on any atom is 0.329 e. The number of amides is 1. The summed E-state index contributed by atoms with van der Waals surface area (Å²) in [5.74, 6) is -2.61. The van der Waals surface area contributed by atoms with Gasteiger partial charge in [-0.25, -0.2) is 13.6 Å². The number of anilines is 1. The van der Waals surface area contributed by atoms with Gasteiger partial charge in [0.1, 0.15) is 5.69 Å². The first-order chi connectivity index (χ1) is 10.1. The van der Waals surface area contributed by atoms with Gasteiger partial charge in [0.05, 0.1) is 15.1 Å². The molecule has 0 aromatic heterocycles. The van der Waals surface area contributed by atoms with Gasteiger partial charge in [0.15, 0.2) is 0 Å². The van der Waals surface area contributed by atoms with E-state index in [4.69, 9.17) is 5.14 Å². The Balaban J connectivity index is 2.39. The number of sulfonamides is 1. The first-order valence-corrected chi connectivity index (χ1v) is 8.54. The van der Waals surface area contributed by atoms with Gasteiger partial charge in [-0.3, -0.25) is 14.9 Å². The zero-order valence-corrected chi connectivity index (χ0v) is 13.4. The summed E-state index contributed by atoms with van der Waals surface area (Å²) in [4.78, 5) is 23.1. The third kappa shape index (κ3) is 3.42. The predicted octanol–water partition coefficient (Wildman–Crippen LogP) is 1.14. The summed E-state index contributed by atoms with van der Waals surface area (Å²) in [5.41, 5.74) is -1.04. The summed E-state index contributed by atoms with van der Waals surface area (Å²) in [6, 6.07) is 2.49. The van der Waals surface area contributed by atoms with E-state index >= 15 is 0 Å². The first-order valence-electron chi connectivity index (χ1n) is 6.03. The molecule has 120 valence electrons. The molecule has 1 unspecified atom stereocenters. The summed E-state index contributed by atoms with van der Waals surface area (Å²) in [5, 5.41) is 16.0. The number of hydrogen-bond acceptors (Lipinski definition) is 5. The normalized spacial score (nSPS) is 18.8. The van der Waals surface area contributed by atoms with Crippen LogP contribution in [0.25, 0.3) is 0 Å². The molecule has 1 atom stereocenters. The minimum Gasteiger partial charge on any atom is -0.306 e. The average Bonchev–Trinajstić information content (AvgIpc) is 2.70. The van der Waals surface area contributed by atoms with E-state index in [0.717, 1.165) is 4.90 Å². The van der Waals surface area contributed by atoms with E-state index in [0.29, 0.717) is 0 Å². The van der Waals surface area contributed by atoms with Crippen LogP contribution in [0.5, 0.6) is 0 Å². The van der Waals surface area contributed by atoms with Gasteiger partial charge in [-0.1, -0.05) is 0 Å². The van der Waals surface area contributed by atoms with Crippen LogP contribution >= 0.6 is 15.9 Å². The molecule has 1 heterocycles. The summed E-state index contributed by atoms with van der Waals surface area (Å²) in [7, 11) is -3.77. The lowest BCUT2D eigenvalue weighted by molar-refractivity contribution is -0.386. The lowest BCUT2D eigenvalue weighted by Crippen LogP contribution is -2.28. The number of nitro benzene ring substituents is 1. The number of carbonyl (C=O) groups excluding carboxylic acids is 1. The molecule has 0 spiro atoms. The van der Waals surface area contributed by atoms with Crippen LogP contribution in [0, 0.1) is 21.8 Å². The van der Waals surface area contributed by atoms with Crippen molar-refractivity contribution >= 4 is 43.2 Å². The van der Waals surface area contributed by atoms with Crippen molar-refractivity contribution in [2.45, 2.75) is 6.42 Å². The summed E-state index contributed by atoms with van der Waals surface area (Å²) in [6.45, 7) is -0.0722. The monoisotopic (exact) mass is 395 g/mol. The smallest absolute Gasteiger partial charge is 0.306 e.